The van der Waals surface area contributed by atoms with Gasteiger partial charge in [0.05, 0.1) is 12.8 Å². The summed E-state index contributed by atoms with van der Waals surface area (Å²) in [6.45, 7) is 1.20. The molecule has 0 radical (unpaired) electrons. The molecule has 0 aromatic heterocycles. The molecule has 0 saturated heterocycles. The van der Waals surface area contributed by atoms with Crippen molar-refractivity contribution in [2.75, 3.05) is 39.2 Å². The third-order valence-electron chi connectivity index (χ3n) is 3.45. The van der Waals surface area contributed by atoms with E-state index in [-0.39, 0.29) is 0 Å². The Morgan fingerprint density at radius 1 is 1.04 bits per heavy atom. The minimum atomic E-state index is 0.689. The standard InChI is InChI=1S/C12H19NS.C7H11N3OS/c1-13(2)10-6-7-11-14-12-8-4-3-5-9-12;1-11-10-7-4-5(12-9)2-3-6(7)8/h3-5,8-9H,6-7,10-11H2,1-2H3;2-4,10H,8-9H2,1H3/p+1. The average Bonchev–Trinajstić information content (AvgIpc) is 2.64. The molecule has 0 aliphatic rings. The number of rotatable bonds is 9. The lowest BCUT2D eigenvalue weighted by Crippen LogP contribution is -2.76. The number of nitrogen functional groups attached to an aromatic ring is 1. The van der Waals surface area contributed by atoms with Crippen molar-refractivity contribution in [3.8, 4) is 0 Å². The van der Waals surface area contributed by atoms with Crippen LogP contribution in [0.1, 0.15) is 12.8 Å². The molecule has 0 heterocycles. The highest BCUT2D eigenvalue weighted by Crippen LogP contribution is 2.20. The van der Waals surface area contributed by atoms with Gasteiger partial charge in [0.2, 0.25) is 0 Å². The van der Waals surface area contributed by atoms with Gasteiger partial charge in [0, 0.05) is 15.9 Å². The molecule has 0 spiro atoms. The normalized spacial score (nSPS) is 10.5. The Balaban J connectivity index is 0.000000263. The van der Waals surface area contributed by atoms with Crippen molar-refractivity contribution in [3.63, 3.8) is 0 Å². The van der Waals surface area contributed by atoms with Crippen LogP contribution in [0.5, 0.6) is 0 Å². The zero-order chi connectivity index (χ0) is 19.2. The number of unbranched alkanes of at least 4 members (excludes halogenated alkanes) is 1. The fraction of sp³-hybridized carbons (Fsp3) is 0.368. The van der Waals surface area contributed by atoms with Gasteiger partial charge < -0.3 is 10.6 Å². The van der Waals surface area contributed by atoms with Gasteiger partial charge in [-0.05, 0) is 75.4 Å². The topological polar surface area (TPSA) is 81.1 Å². The Morgan fingerprint density at radius 3 is 2.38 bits per heavy atom. The summed E-state index contributed by atoms with van der Waals surface area (Å²) in [7, 11) is 5.84. The fourth-order valence-electron chi connectivity index (χ4n) is 2.09. The summed E-state index contributed by atoms with van der Waals surface area (Å²) in [4.78, 5) is 9.45. The van der Waals surface area contributed by atoms with Crippen LogP contribution in [-0.4, -0.2) is 38.4 Å². The van der Waals surface area contributed by atoms with Crippen LogP contribution in [0.3, 0.4) is 0 Å². The molecule has 6 N–H and O–H groups in total. The van der Waals surface area contributed by atoms with E-state index in [1.165, 1.54) is 42.0 Å². The zero-order valence-electron chi connectivity index (χ0n) is 15.9. The van der Waals surface area contributed by atoms with Crippen LogP contribution in [0, 0.1) is 0 Å². The van der Waals surface area contributed by atoms with Gasteiger partial charge >= 0.3 is 0 Å². The van der Waals surface area contributed by atoms with Crippen LogP contribution in [0.2, 0.25) is 0 Å². The Hall–Kier alpha value is -1.22. The summed E-state index contributed by atoms with van der Waals surface area (Å²) < 4.78 is 0. The van der Waals surface area contributed by atoms with Gasteiger partial charge in [0.1, 0.15) is 0 Å². The van der Waals surface area contributed by atoms with Gasteiger partial charge in [0.25, 0.3) is 0 Å². The quantitative estimate of drug-likeness (QED) is 0.199. The summed E-state index contributed by atoms with van der Waals surface area (Å²) in [5.74, 6) is 1.23. The third kappa shape index (κ3) is 10.1. The Bertz CT molecular complexity index is 612. The lowest BCUT2D eigenvalue weighted by atomic mass is 10.3. The van der Waals surface area contributed by atoms with Crippen molar-refractivity contribution in [2.24, 2.45) is 5.14 Å². The molecule has 0 atom stereocenters. The third-order valence-corrected chi connectivity index (χ3v) is 5.08. The molecule has 5 nitrogen and oxygen atoms in total. The molecule has 0 unspecified atom stereocenters. The number of anilines is 1. The molecule has 7 heteroatoms. The molecule has 2 aromatic carbocycles. The number of hydrogen-bond acceptors (Lipinski definition) is 6. The minimum Gasteiger partial charge on any atom is -0.394 e. The molecule has 0 amide bonds. The second-order valence-electron chi connectivity index (χ2n) is 5.93. The largest absolute Gasteiger partial charge is 0.394 e. The molecule has 26 heavy (non-hydrogen) atoms. The first-order chi connectivity index (χ1) is 12.6. The van der Waals surface area contributed by atoms with E-state index in [1.54, 1.807) is 18.7 Å². The van der Waals surface area contributed by atoms with Gasteiger partial charge in [-0.1, -0.05) is 18.2 Å². The van der Waals surface area contributed by atoms with Crippen molar-refractivity contribution >= 4 is 35.1 Å². The van der Waals surface area contributed by atoms with Crippen LogP contribution in [0.25, 0.3) is 0 Å². The van der Waals surface area contributed by atoms with E-state index in [0.717, 1.165) is 10.6 Å². The first-order valence-corrected chi connectivity index (χ1v) is 10.4. The molecule has 0 aliphatic heterocycles. The van der Waals surface area contributed by atoms with Crippen molar-refractivity contribution in [1.82, 2.24) is 4.90 Å². The second-order valence-corrected chi connectivity index (χ2v) is 7.81. The first kappa shape index (κ1) is 22.8. The van der Waals surface area contributed by atoms with Crippen molar-refractivity contribution < 1.29 is 10.3 Å². The molecular formula is C19H31N4OS2+. The minimum absolute atomic E-state index is 0.689. The fourth-order valence-corrected chi connectivity index (χ4v) is 3.37. The van der Waals surface area contributed by atoms with Crippen LogP contribution in [0.15, 0.2) is 58.3 Å². The van der Waals surface area contributed by atoms with Crippen LogP contribution in [0.4, 0.5) is 11.4 Å². The van der Waals surface area contributed by atoms with Gasteiger partial charge in [-0.25, -0.2) is 4.84 Å². The molecule has 0 saturated carbocycles. The van der Waals surface area contributed by atoms with Crippen LogP contribution < -0.4 is 16.4 Å². The van der Waals surface area contributed by atoms with Gasteiger partial charge in [-0.3, -0.25) is 5.14 Å². The molecule has 0 bridgehead atoms. The zero-order valence-corrected chi connectivity index (χ0v) is 17.5. The van der Waals surface area contributed by atoms with Crippen molar-refractivity contribution in [3.05, 3.63) is 48.5 Å². The smallest absolute Gasteiger partial charge is 0.186 e. The van der Waals surface area contributed by atoms with E-state index in [9.17, 15) is 0 Å². The average molecular weight is 396 g/mol. The first-order valence-electron chi connectivity index (χ1n) is 8.51. The van der Waals surface area contributed by atoms with E-state index in [0.29, 0.717) is 5.69 Å². The monoisotopic (exact) mass is 395 g/mol. The van der Waals surface area contributed by atoms with E-state index in [1.807, 2.05) is 23.9 Å². The summed E-state index contributed by atoms with van der Waals surface area (Å²) in [5, 5.41) is 5.39. The number of nitrogens with zero attached hydrogens (tertiary/aromatic N) is 1. The maximum Gasteiger partial charge on any atom is 0.186 e. The molecular weight excluding hydrogens is 364 g/mol. The predicted octanol–water partition coefficient (Wildman–Crippen LogP) is 3.11. The summed E-state index contributed by atoms with van der Waals surface area (Å²) in [6, 6.07) is 16.2. The van der Waals surface area contributed by atoms with Crippen LogP contribution in [-0.2, 0) is 4.84 Å². The number of benzene rings is 2. The number of hydrogen-bond donors (Lipinski definition) is 3. The molecule has 0 aliphatic carbocycles. The highest BCUT2D eigenvalue weighted by molar-refractivity contribution is 7.99. The van der Waals surface area contributed by atoms with E-state index in [4.69, 9.17) is 15.7 Å². The highest BCUT2D eigenvalue weighted by atomic mass is 32.2. The predicted molar refractivity (Wildman–Crippen MR) is 114 cm³/mol. The Morgan fingerprint density at radius 2 is 1.77 bits per heavy atom. The lowest BCUT2D eigenvalue weighted by Gasteiger charge is -2.08. The molecule has 144 valence electrons. The molecule has 2 aromatic rings. The van der Waals surface area contributed by atoms with E-state index >= 15 is 0 Å². The number of quaternary nitrogens is 1. The summed E-state index contributed by atoms with van der Waals surface area (Å²) >= 11 is 3.14. The van der Waals surface area contributed by atoms with Gasteiger partial charge in [-0.15, -0.1) is 11.8 Å². The van der Waals surface area contributed by atoms with Gasteiger partial charge in [-0.2, -0.15) is 5.48 Å². The van der Waals surface area contributed by atoms with Crippen molar-refractivity contribution in [1.29, 1.82) is 0 Å². The lowest BCUT2D eigenvalue weighted by molar-refractivity contribution is -0.829. The van der Waals surface area contributed by atoms with Crippen molar-refractivity contribution in [2.45, 2.75) is 22.6 Å². The molecule has 2 rings (SSSR count). The number of nitrogens with two attached hydrogens (primary N) is 3. The maximum absolute atomic E-state index is 5.67. The van der Waals surface area contributed by atoms with Gasteiger partial charge in [0.15, 0.2) is 5.69 Å². The Kier molecular flexibility index (Phi) is 12.2. The van der Waals surface area contributed by atoms with E-state index < -0.39 is 0 Å². The van der Waals surface area contributed by atoms with Crippen LogP contribution >= 0.6 is 23.7 Å². The highest BCUT2D eigenvalue weighted by Gasteiger charge is 2.03. The summed E-state index contributed by atoms with van der Waals surface area (Å²) in [5.41, 5.74) is 8.81. The second kappa shape index (κ2) is 13.9. The SMILES string of the molecule is CN(C)CCCCSc1ccccc1.CO[NH2+]c1cc(SN)ccc1N. The number of thioether (sulfide) groups is 1. The maximum atomic E-state index is 5.67. The Labute approximate surface area is 165 Å². The van der Waals surface area contributed by atoms with E-state index in [2.05, 4.69) is 49.3 Å². The summed E-state index contributed by atoms with van der Waals surface area (Å²) in [6.07, 6.45) is 2.60. The molecule has 0 fully saturated rings.